The van der Waals surface area contributed by atoms with Crippen molar-refractivity contribution in [3.8, 4) is 0 Å². The average molecular weight is 402 g/mol. The predicted octanol–water partition coefficient (Wildman–Crippen LogP) is 4.38. The van der Waals surface area contributed by atoms with E-state index in [4.69, 9.17) is 11.6 Å². The topological polar surface area (TPSA) is 72.2 Å². The Bertz CT molecular complexity index is 1010. The number of anilines is 1. The van der Waals surface area contributed by atoms with Crippen molar-refractivity contribution in [2.75, 3.05) is 5.32 Å². The molecule has 130 valence electrons. The number of rotatable bonds is 5. The second-order valence-electron chi connectivity index (χ2n) is 5.36. The lowest BCUT2D eigenvalue weighted by atomic mass is 10.1. The lowest BCUT2D eigenvalue weighted by Gasteiger charge is -2.05. The van der Waals surface area contributed by atoms with Crippen LogP contribution in [0.2, 0.25) is 5.02 Å². The van der Waals surface area contributed by atoms with E-state index < -0.39 is 0 Å². The molecule has 0 saturated carbocycles. The Kier molecular flexibility index (Phi) is 4.87. The van der Waals surface area contributed by atoms with E-state index in [1.165, 1.54) is 22.2 Å². The summed E-state index contributed by atoms with van der Waals surface area (Å²) in [5.74, 6) is 0.618. The maximum absolute atomic E-state index is 12.3. The van der Waals surface area contributed by atoms with Gasteiger partial charge in [0.1, 0.15) is 6.33 Å². The number of nitrogens with zero attached hydrogens (tertiary/aromatic N) is 4. The summed E-state index contributed by atoms with van der Waals surface area (Å²) in [6.07, 6.45) is 1.49. The smallest absolute Gasteiger partial charge is 0.257 e. The molecule has 1 N–H and O–H groups in total. The van der Waals surface area contributed by atoms with Crippen LogP contribution in [0, 0.1) is 0 Å². The SMILES string of the molecule is O=C(Nc1nn2cnnc2s1)c1ccc(CSc2ccc(Cl)cc2)cc1. The van der Waals surface area contributed by atoms with Gasteiger partial charge < -0.3 is 0 Å². The molecule has 26 heavy (non-hydrogen) atoms. The number of carbonyl (C=O) groups is 1. The number of aromatic nitrogens is 4. The van der Waals surface area contributed by atoms with Gasteiger partial charge in [-0.1, -0.05) is 35.1 Å². The molecule has 0 spiro atoms. The molecule has 2 aromatic heterocycles. The molecule has 6 nitrogen and oxygen atoms in total. The zero-order valence-corrected chi connectivity index (χ0v) is 15.7. The molecule has 1 amide bonds. The van der Waals surface area contributed by atoms with Gasteiger partial charge in [-0.15, -0.1) is 27.1 Å². The first-order valence-corrected chi connectivity index (χ1v) is 9.81. The number of hydrogen-bond donors (Lipinski definition) is 1. The fourth-order valence-electron chi connectivity index (χ4n) is 2.23. The quantitative estimate of drug-likeness (QED) is 0.502. The summed E-state index contributed by atoms with van der Waals surface area (Å²) >= 11 is 8.88. The van der Waals surface area contributed by atoms with Crippen molar-refractivity contribution in [1.29, 1.82) is 0 Å². The van der Waals surface area contributed by atoms with Crippen LogP contribution in [-0.4, -0.2) is 25.7 Å². The van der Waals surface area contributed by atoms with Gasteiger partial charge in [0, 0.05) is 21.2 Å². The van der Waals surface area contributed by atoms with Gasteiger partial charge >= 0.3 is 0 Å². The van der Waals surface area contributed by atoms with Crippen LogP contribution in [0.25, 0.3) is 4.96 Å². The van der Waals surface area contributed by atoms with Gasteiger partial charge in [0.15, 0.2) is 0 Å². The Morgan fingerprint density at radius 3 is 2.65 bits per heavy atom. The molecular weight excluding hydrogens is 390 g/mol. The highest BCUT2D eigenvalue weighted by Gasteiger charge is 2.11. The zero-order chi connectivity index (χ0) is 17.9. The van der Waals surface area contributed by atoms with E-state index in [1.54, 1.807) is 11.8 Å². The Hall–Kier alpha value is -2.42. The standard InChI is InChI=1S/C17H12ClN5OS2/c18-13-5-7-14(8-6-13)25-9-11-1-3-12(4-2-11)15(24)20-16-22-23-10-19-21-17(23)26-16/h1-8,10H,9H2,(H,20,22,24). The molecule has 0 unspecified atom stereocenters. The van der Waals surface area contributed by atoms with Crippen LogP contribution in [0.15, 0.2) is 59.8 Å². The third-order valence-corrected chi connectivity index (χ3v) is 5.71. The second kappa shape index (κ2) is 7.45. The molecule has 4 aromatic rings. The summed E-state index contributed by atoms with van der Waals surface area (Å²) in [7, 11) is 0. The summed E-state index contributed by atoms with van der Waals surface area (Å²) < 4.78 is 1.53. The van der Waals surface area contributed by atoms with Crippen LogP contribution in [0.5, 0.6) is 0 Å². The van der Waals surface area contributed by atoms with Gasteiger partial charge in [-0.3, -0.25) is 10.1 Å². The first-order chi connectivity index (χ1) is 12.7. The largest absolute Gasteiger partial charge is 0.296 e. The molecule has 0 bridgehead atoms. The minimum Gasteiger partial charge on any atom is -0.296 e. The van der Waals surface area contributed by atoms with E-state index in [0.717, 1.165) is 21.2 Å². The number of carbonyl (C=O) groups excluding carboxylic acids is 1. The molecule has 0 aliphatic heterocycles. The Balaban J connectivity index is 1.37. The fourth-order valence-corrected chi connectivity index (χ4v) is 3.92. The number of benzene rings is 2. The maximum atomic E-state index is 12.3. The van der Waals surface area contributed by atoms with Gasteiger partial charge in [0.05, 0.1) is 0 Å². The van der Waals surface area contributed by atoms with E-state index in [0.29, 0.717) is 15.7 Å². The van der Waals surface area contributed by atoms with E-state index in [9.17, 15) is 4.79 Å². The number of amides is 1. The van der Waals surface area contributed by atoms with Gasteiger partial charge in [-0.2, -0.15) is 4.52 Å². The lowest BCUT2D eigenvalue weighted by Crippen LogP contribution is -2.11. The molecule has 2 aromatic carbocycles. The van der Waals surface area contributed by atoms with Crippen molar-refractivity contribution < 1.29 is 4.79 Å². The van der Waals surface area contributed by atoms with Crippen LogP contribution in [0.3, 0.4) is 0 Å². The van der Waals surface area contributed by atoms with Crippen molar-refractivity contribution in [2.45, 2.75) is 10.6 Å². The molecule has 0 fully saturated rings. The van der Waals surface area contributed by atoms with Gasteiger partial charge in [-0.05, 0) is 42.0 Å². The highest BCUT2D eigenvalue weighted by atomic mass is 35.5. The number of thioether (sulfide) groups is 1. The maximum Gasteiger partial charge on any atom is 0.257 e. The first-order valence-electron chi connectivity index (χ1n) is 7.63. The molecule has 0 aliphatic rings. The van der Waals surface area contributed by atoms with E-state index in [2.05, 4.69) is 20.6 Å². The highest BCUT2D eigenvalue weighted by Crippen LogP contribution is 2.24. The number of halogens is 1. The van der Waals surface area contributed by atoms with Crippen LogP contribution in [0.4, 0.5) is 5.13 Å². The molecule has 0 saturated heterocycles. The Labute approximate surface area is 162 Å². The molecule has 0 radical (unpaired) electrons. The van der Waals surface area contributed by atoms with Crippen LogP contribution < -0.4 is 5.32 Å². The van der Waals surface area contributed by atoms with Gasteiger partial charge in [0.2, 0.25) is 10.1 Å². The van der Waals surface area contributed by atoms with Gasteiger partial charge in [0.25, 0.3) is 5.91 Å². The monoisotopic (exact) mass is 401 g/mol. The van der Waals surface area contributed by atoms with Crippen molar-refractivity contribution >= 4 is 50.7 Å². The Morgan fingerprint density at radius 1 is 1.15 bits per heavy atom. The van der Waals surface area contributed by atoms with E-state index in [1.807, 2.05) is 48.5 Å². The van der Waals surface area contributed by atoms with Crippen LogP contribution in [-0.2, 0) is 5.75 Å². The summed E-state index contributed by atoms with van der Waals surface area (Å²) in [5, 5.41) is 15.8. The molecule has 4 rings (SSSR count). The van der Waals surface area contributed by atoms with Gasteiger partial charge in [-0.25, -0.2) is 0 Å². The molecule has 9 heteroatoms. The van der Waals surface area contributed by atoms with Crippen LogP contribution in [0.1, 0.15) is 15.9 Å². The van der Waals surface area contributed by atoms with Crippen LogP contribution >= 0.6 is 34.7 Å². The summed E-state index contributed by atoms with van der Waals surface area (Å²) in [6, 6.07) is 15.3. The summed E-state index contributed by atoms with van der Waals surface area (Å²) in [4.78, 5) is 14.1. The molecule has 0 aliphatic carbocycles. The third kappa shape index (κ3) is 3.87. The van der Waals surface area contributed by atoms with E-state index in [-0.39, 0.29) is 5.91 Å². The third-order valence-electron chi connectivity index (χ3n) is 3.54. The summed E-state index contributed by atoms with van der Waals surface area (Å²) in [5.41, 5.74) is 1.72. The summed E-state index contributed by atoms with van der Waals surface area (Å²) in [6.45, 7) is 0. The van der Waals surface area contributed by atoms with E-state index >= 15 is 0 Å². The highest BCUT2D eigenvalue weighted by molar-refractivity contribution is 7.98. The normalized spacial score (nSPS) is 11.0. The molecule has 2 heterocycles. The average Bonchev–Trinajstić information content (AvgIpc) is 3.23. The minimum atomic E-state index is -0.202. The molecule has 0 atom stereocenters. The fraction of sp³-hybridized carbons (Fsp3) is 0.0588. The Morgan fingerprint density at radius 2 is 1.92 bits per heavy atom. The predicted molar refractivity (Wildman–Crippen MR) is 104 cm³/mol. The number of nitrogens with one attached hydrogen (secondary N) is 1. The molecular formula is C17H12ClN5OS2. The second-order valence-corrected chi connectivity index (χ2v) is 7.80. The van der Waals surface area contributed by atoms with Crippen molar-refractivity contribution in [3.63, 3.8) is 0 Å². The first kappa shape index (κ1) is 17.0. The zero-order valence-electron chi connectivity index (χ0n) is 13.3. The van der Waals surface area contributed by atoms with Crippen molar-refractivity contribution in [3.05, 3.63) is 71.0 Å². The lowest BCUT2D eigenvalue weighted by molar-refractivity contribution is 0.102. The number of hydrogen-bond acceptors (Lipinski definition) is 6. The van der Waals surface area contributed by atoms with Crippen molar-refractivity contribution in [1.82, 2.24) is 19.8 Å². The number of fused-ring (bicyclic) bond motifs is 1. The van der Waals surface area contributed by atoms with Crippen molar-refractivity contribution in [2.24, 2.45) is 0 Å². The minimum absolute atomic E-state index is 0.202.